The highest BCUT2D eigenvalue weighted by Crippen LogP contribution is 2.28. The van der Waals surface area contributed by atoms with Gasteiger partial charge < -0.3 is 15.5 Å². The molecular weight excluding hydrogens is 503 g/mol. The van der Waals surface area contributed by atoms with Crippen LogP contribution in [0.5, 0.6) is 0 Å². The summed E-state index contributed by atoms with van der Waals surface area (Å²) in [6.07, 6.45) is 3.29. The first-order valence-electron chi connectivity index (χ1n) is 10.4. The summed E-state index contributed by atoms with van der Waals surface area (Å²) in [7, 11) is 1.66. The molecule has 1 saturated carbocycles. The van der Waals surface area contributed by atoms with Gasteiger partial charge in [-0.2, -0.15) is 0 Å². The number of rotatable bonds is 6. The van der Waals surface area contributed by atoms with Gasteiger partial charge >= 0.3 is 0 Å². The van der Waals surface area contributed by atoms with E-state index in [2.05, 4.69) is 20.5 Å². The zero-order chi connectivity index (χ0) is 20.8. The van der Waals surface area contributed by atoms with Gasteiger partial charge in [-0.15, -0.1) is 24.0 Å². The molecule has 1 amide bonds. The molecule has 0 bridgehead atoms. The van der Waals surface area contributed by atoms with Gasteiger partial charge in [0.1, 0.15) is 11.6 Å². The number of benzene rings is 1. The molecule has 2 fully saturated rings. The quantitative estimate of drug-likeness (QED) is 0.334. The highest BCUT2D eigenvalue weighted by Gasteiger charge is 2.31. The Balaban J connectivity index is 0.00000320. The Morgan fingerprint density at radius 3 is 2.50 bits per heavy atom. The van der Waals surface area contributed by atoms with Crippen LogP contribution in [0.1, 0.15) is 37.8 Å². The smallest absolute Gasteiger partial charge is 0.225 e. The number of carbonyl (C=O) groups is 1. The van der Waals surface area contributed by atoms with Gasteiger partial charge in [0, 0.05) is 63.9 Å². The number of aliphatic imine (C=N–C) groups is 1. The van der Waals surface area contributed by atoms with Crippen molar-refractivity contribution in [1.29, 1.82) is 0 Å². The molecule has 30 heavy (non-hydrogen) atoms. The third kappa shape index (κ3) is 6.50. The van der Waals surface area contributed by atoms with Crippen LogP contribution in [-0.2, 0) is 4.79 Å². The van der Waals surface area contributed by atoms with Gasteiger partial charge in [0.15, 0.2) is 5.96 Å². The molecule has 6 nitrogen and oxygen atoms in total. The molecule has 1 aliphatic heterocycles. The van der Waals surface area contributed by atoms with Crippen LogP contribution in [0, 0.1) is 17.6 Å². The standard InChI is InChI=1S/C21H31F2N5O.HI/c1-15(18-7-6-17(22)14-19(18)23)26-21(24-2)25-8-9-27-10-12-28(13-11-27)20(29)16-4-3-5-16;/h6-7,14-16H,3-5,8-13H2,1-2H3,(H2,24,25,26);1H. The predicted molar refractivity (Wildman–Crippen MR) is 125 cm³/mol. The summed E-state index contributed by atoms with van der Waals surface area (Å²) in [6.45, 7) is 6.68. The number of nitrogens with zero attached hydrogens (tertiary/aromatic N) is 3. The average Bonchev–Trinajstić information content (AvgIpc) is 2.66. The summed E-state index contributed by atoms with van der Waals surface area (Å²) >= 11 is 0. The topological polar surface area (TPSA) is 60.0 Å². The van der Waals surface area contributed by atoms with E-state index >= 15 is 0 Å². The number of hydrogen-bond donors (Lipinski definition) is 2. The van der Waals surface area contributed by atoms with E-state index in [1.54, 1.807) is 7.05 Å². The van der Waals surface area contributed by atoms with Gasteiger partial charge in [0.05, 0.1) is 6.04 Å². The van der Waals surface area contributed by atoms with Crippen LogP contribution in [0.2, 0.25) is 0 Å². The molecule has 0 spiro atoms. The lowest BCUT2D eigenvalue weighted by Crippen LogP contribution is -2.52. The molecular formula is C21H32F2IN5O. The SMILES string of the molecule is CN=C(NCCN1CCN(C(=O)C2CCC2)CC1)NC(C)c1ccc(F)cc1F.I. The van der Waals surface area contributed by atoms with E-state index in [4.69, 9.17) is 0 Å². The zero-order valence-electron chi connectivity index (χ0n) is 17.7. The minimum atomic E-state index is -0.588. The molecule has 0 aromatic heterocycles. The normalized spacial score (nSPS) is 18.9. The molecule has 9 heteroatoms. The third-order valence-electron chi connectivity index (χ3n) is 5.86. The van der Waals surface area contributed by atoms with E-state index in [-0.39, 0.29) is 35.9 Å². The molecule has 1 atom stereocenters. The van der Waals surface area contributed by atoms with E-state index in [9.17, 15) is 13.6 Å². The summed E-state index contributed by atoms with van der Waals surface area (Å²) < 4.78 is 27.0. The summed E-state index contributed by atoms with van der Waals surface area (Å²) in [6, 6.07) is 3.24. The molecule has 1 aromatic carbocycles. The van der Waals surface area contributed by atoms with Crippen molar-refractivity contribution in [1.82, 2.24) is 20.4 Å². The van der Waals surface area contributed by atoms with Crippen molar-refractivity contribution in [2.24, 2.45) is 10.9 Å². The van der Waals surface area contributed by atoms with Crippen LogP contribution in [0.15, 0.2) is 23.2 Å². The Bertz CT molecular complexity index is 736. The van der Waals surface area contributed by atoms with Crippen LogP contribution in [0.3, 0.4) is 0 Å². The fourth-order valence-electron chi connectivity index (χ4n) is 3.77. The lowest BCUT2D eigenvalue weighted by atomic mass is 9.84. The Morgan fingerprint density at radius 1 is 1.23 bits per heavy atom. The first-order valence-corrected chi connectivity index (χ1v) is 10.4. The van der Waals surface area contributed by atoms with E-state index in [0.717, 1.165) is 51.6 Å². The van der Waals surface area contributed by atoms with Crippen LogP contribution >= 0.6 is 24.0 Å². The minimum Gasteiger partial charge on any atom is -0.355 e. The summed E-state index contributed by atoms with van der Waals surface area (Å²) in [5.41, 5.74) is 0.390. The second-order valence-corrected chi connectivity index (χ2v) is 7.83. The lowest BCUT2D eigenvalue weighted by Gasteiger charge is -2.38. The van der Waals surface area contributed by atoms with E-state index in [0.29, 0.717) is 24.0 Å². The van der Waals surface area contributed by atoms with Crippen LogP contribution in [0.25, 0.3) is 0 Å². The molecule has 1 saturated heterocycles. The maximum atomic E-state index is 13.9. The number of carbonyl (C=O) groups excluding carboxylic acids is 1. The van der Waals surface area contributed by atoms with Crippen molar-refractivity contribution in [3.05, 3.63) is 35.4 Å². The molecule has 3 rings (SSSR count). The third-order valence-corrected chi connectivity index (χ3v) is 5.86. The number of amides is 1. The average molecular weight is 535 g/mol. The van der Waals surface area contributed by atoms with Gasteiger partial charge in [-0.3, -0.25) is 14.7 Å². The van der Waals surface area contributed by atoms with Gasteiger partial charge in [0.2, 0.25) is 5.91 Å². The second-order valence-electron chi connectivity index (χ2n) is 7.83. The number of halogens is 3. The number of nitrogens with one attached hydrogen (secondary N) is 2. The maximum absolute atomic E-state index is 13.9. The molecule has 168 valence electrons. The number of guanidine groups is 1. The first kappa shape index (κ1) is 24.8. The molecule has 2 aliphatic rings. The van der Waals surface area contributed by atoms with Crippen molar-refractivity contribution in [3.8, 4) is 0 Å². The Hall–Kier alpha value is -1.49. The first-order chi connectivity index (χ1) is 14.0. The molecule has 2 N–H and O–H groups in total. The van der Waals surface area contributed by atoms with Gasteiger partial charge in [-0.1, -0.05) is 12.5 Å². The highest BCUT2D eigenvalue weighted by atomic mass is 127. The number of hydrogen-bond acceptors (Lipinski definition) is 3. The van der Waals surface area contributed by atoms with Crippen molar-refractivity contribution in [2.75, 3.05) is 46.3 Å². The van der Waals surface area contributed by atoms with Crippen LogP contribution in [-0.4, -0.2) is 68.0 Å². The molecule has 1 aromatic rings. The van der Waals surface area contributed by atoms with Crippen molar-refractivity contribution in [2.45, 2.75) is 32.2 Å². The molecule has 1 heterocycles. The molecule has 1 aliphatic carbocycles. The summed E-state index contributed by atoms with van der Waals surface area (Å²) in [5.74, 6) is 0.0106. The summed E-state index contributed by atoms with van der Waals surface area (Å²) in [5, 5.41) is 6.37. The fourth-order valence-corrected chi connectivity index (χ4v) is 3.77. The predicted octanol–water partition coefficient (Wildman–Crippen LogP) is 2.75. The number of piperazine rings is 1. The van der Waals surface area contributed by atoms with Crippen LogP contribution < -0.4 is 10.6 Å². The summed E-state index contributed by atoms with van der Waals surface area (Å²) in [4.78, 5) is 20.8. The van der Waals surface area contributed by atoms with Crippen LogP contribution in [0.4, 0.5) is 8.78 Å². The lowest BCUT2D eigenvalue weighted by molar-refractivity contribution is -0.139. The van der Waals surface area contributed by atoms with Gasteiger partial charge in [-0.25, -0.2) is 8.78 Å². The molecule has 0 radical (unpaired) electrons. The van der Waals surface area contributed by atoms with E-state index < -0.39 is 11.6 Å². The van der Waals surface area contributed by atoms with E-state index in [1.165, 1.54) is 18.6 Å². The molecule has 1 unspecified atom stereocenters. The van der Waals surface area contributed by atoms with Gasteiger partial charge in [0.25, 0.3) is 0 Å². The minimum absolute atomic E-state index is 0. The highest BCUT2D eigenvalue weighted by molar-refractivity contribution is 14.0. The van der Waals surface area contributed by atoms with Crippen molar-refractivity contribution in [3.63, 3.8) is 0 Å². The largest absolute Gasteiger partial charge is 0.355 e. The van der Waals surface area contributed by atoms with E-state index in [1.807, 2.05) is 11.8 Å². The van der Waals surface area contributed by atoms with Gasteiger partial charge in [-0.05, 0) is 25.8 Å². The van der Waals surface area contributed by atoms with Crippen molar-refractivity contribution < 1.29 is 13.6 Å². The van der Waals surface area contributed by atoms with Crippen molar-refractivity contribution >= 4 is 35.8 Å². The fraction of sp³-hybridized carbons (Fsp3) is 0.619. The second kappa shape index (κ2) is 11.8. The monoisotopic (exact) mass is 535 g/mol. The Kier molecular flexibility index (Phi) is 9.73. The Morgan fingerprint density at radius 2 is 1.93 bits per heavy atom. The Labute approximate surface area is 194 Å². The maximum Gasteiger partial charge on any atom is 0.225 e. The zero-order valence-corrected chi connectivity index (χ0v) is 20.0.